The van der Waals surface area contributed by atoms with Gasteiger partial charge < -0.3 is 10.2 Å². The van der Waals surface area contributed by atoms with E-state index in [1.807, 2.05) is 0 Å². The summed E-state index contributed by atoms with van der Waals surface area (Å²) in [4.78, 5) is 15.1. The number of nitrogens with zero attached hydrogens (tertiary/aromatic N) is 4. The van der Waals surface area contributed by atoms with Gasteiger partial charge in [-0.1, -0.05) is 0 Å². The molecule has 0 radical (unpaired) electrons. The van der Waals surface area contributed by atoms with Crippen molar-refractivity contribution in [3.05, 3.63) is 0 Å². The Labute approximate surface area is 101 Å². The van der Waals surface area contributed by atoms with Gasteiger partial charge in [0.2, 0.25) is 0 Å². The molecule has 0 aromatic heterocycles. The number of urea groups is 1. The van der Waals surface area contributed by atoms with Crippen LogP contribution >= 0.6 is 0 Å². The molecule has 92 valence electrons. The quantitative estimate of drug-likeness (QED) is 0.680. The molecule has 1 aliphatic heterocycles. The highest BCUT2D eigenvalue weighted by Gasteiger charge is 2.19. The molecule has 1 saturated heterocycles. The van der Waals surface area contributed by atoms with Crippen molar-refractivity contribution in [1.82, 2.24) is 15.1 Å². The molecule has 0 spiro atoms. The SMILES string of the molecule is N#CCCN(CCC#N)CCN1CCNC1=O. The van der Waals surface area contributed by atoms with Gasteiger partial charge in [-0.05, 0) is 0 Å². The Kier molecular flexibility index (Phi) is 5.84. The maximum atomic E-state index is 11.3. The average molecular weight is 235 g/mol. The van der Waals surface area contributed by atoms with E-state index in [2.05, 4.69) is 22.4 Å². The maximum absolute atomic E-state index is 11.3. The first kappa shape index (κ1) is 13.3. The third kappa shape index (κ3) is 4.71. The molecule has 1 aliphatic rings. The second-order valence-corrected chi connectivity index (χ2v) is 3.88. The minimum Gasteiger partial charge on any atom is -0.336 e. The second kappa shape index (κ2) is 7.48. The van der Waals surface area contributed by atoms with E-state index in [4.69, 9.17) is 10.5 Å². The minimum absolute atomic E-state index is 0.0227. The topological polar surface area (TPSA) is 83.2 Å². The van der Waals surface area contributed by atoms with Crippen LogP contribution in [0, 0.1) is 22.7 Å². The van der Waals surface area contributed by atoms with Crippen LogP contribution in [0.15, 0.2) is 0 Å². The van der Waals surface area contributed by atoms with Crippen molar-refractivity contribution in [3.63, 3.8) is 0 Å². The second-order valence-electron chi connectivity index (χ2n) is 3.88. The zero-order chi connectivity index (χ0) is 12.5. The molecule has 6 heteroatoms. The highest BCUT2D eigenvalue weighted by Crippen LogP contribution is 1.99. The lowest BCUT2D eigenvalue weighted by Gasteiger charge is -2.23. The first-order valence-electron chi connectivity index (χ1n) is 5.77. The van der Waals surface area contributed by atoms with Crippen LogP contribution in [0.2, 0.25) is 0 Å². The van der Waals surface area contributed by atoms with E-state index in [0.717, 1.165) is 13.1 Å². The summed E-state index contributed by atoms with van der Waals surface area (Å²) in [5.41, 5.74) is 0. The molecule has 1 N–H and O–H groups in total. The molecule has 1 heterocycles. The summed E-state index contributed by atoms with van der Waals surface area (Å²) < 4.78 is 0. The Morgan fingerprint density at radius 3 is 2.35 bits per heavy atom. The summed E-state index contributed by atoms with van der Waals surface area (Å²) in [7, 11) is 0. The molecule has 1 fully saturated rings. The third-order valence-electron chi connectivity index (χ3n) is 2.71. The molecule has 0 bridgehead atoms. The van der Waals surface area contributed by atoms with E-state index in [-0.39, 0.29) is 6.03 Å². The van der Waals surface area contributed by atoms with Crippen molar-refractivity contribution in [3.8, 4) is 12.1 Å². The molecule has 17 heavy (non-hydrogen) atoms. The molecule has 0 aromatic carbocycles. The number of nitriles is 2. The number of hydrogen-bond acceptors (Lipinski definition) is 4. The van der Waals surface area contributed by atoms with E-state index < -0.39 is 0 Å². The van der Waals surface area contributed by atoms with Crippen molar-refractivity contribution < 1.29 is 4.79 Å². The van der Waals surface area contributed by atoms with Crippen molar-refractivity contribution >= 4 is 6.03 Å². The normalized spacial score (nSPS) is 14.5. The van der Waals surface area contributed by atoms with Crippen LogP contribution in [0.4, 0.5) is 4.79 Å². The Morgan fingerprint density at radius 2 is 1.88 bits per heavy atom. The van der Waals surface area contributed by atoms with Crippen molar-refractivity contribution in [1.29, 1.82) is 10.5 Å². The zero-order valence-corrected chi connectivity index (χ0v) is 9.85. The standard InChI is InChI=1S/C11H17N5O/c12-3-1-6-15(7-2-4-13)9-10-16-8-5-14-11(16)17/h1-2,5-10H2,(H,14,17). The Hall–Kier alpha value is -1.79. The third-order valence-corrected chi connectivity index (χ3v) is 2.71. The molecule has 2 amide bonds. The number of nitrogens with one attached hydrogen (secondary N) is 1. The highest BCUT2D eigenvalue weighted by molar-refractivity contribution is 5.76. The lowest BCUT2D eigenvalue weighted by molar-refractivity contribution is 0.202. The van der Waals surface area contributed by atoms with E-state index >= 15 is 0 Å². The predicted octanol–water partition coefficient (Wildman–Crippen LogP) is 0.141. The highest BCUT2D eigenvalue weighted by atomic mass is 16.2. The number of carbonyl (C=O) groups excluding carboxylic acids is 1. The van der Waals surface area contributed by atoms with Crippen LogP contribution in [0.5, 0.6) is 0 Å². The van der Waals surface area contributed by atoms with Crippen LogP contribution in [0.1, 0.15) is 12.8 Å². The molecule has 1 rings (SSSR count). The largest absolute Gasteiger partial charge is 0.336 e. The molecular weight excluding hydrogens is 218 g/mol. The summed E-state index contributed by atoms with van der Waals surface area (Å²) >= 11 is 0. The monoisotopic (exact) mass is 235 g/mol. The lowest BCUT2D eigenvalue weighted by atomic mass is 10.3. The van der Waals surface area contributed by atoms with Crippen LogP contribution < -0.4 is 5.32 Å². The molecule has 0 aromatic rings. The van der Waals surface area contributed by atoms with Gasteiger partial charge in [0.25, 0.3) is 0 Å². The van der Waals surface area contributed by atoms with Gasteiger partial charge in [0.05, 0.1) is 12.1 Å². The zero-order valence-electron chi connectivity index (χ0n) is 9.85. The summed E-state index contributed by atoms with van der Waals surface area (Å²) in [6.07, 6.45) is 0.912. The number of rotatable bonds is 7. The van der Waals surface area contributed by atoms with Crippen molar-refractivity contribution in [2.45, 2.75) is 12.8 Å². The van der Waals surface area contributed by atoms with Crippen molar-refractivity contribution in [2.75, 3.05) is 39.3 Å². The fourth-order valence-electron chi connectivity index (χ4n) is 1.74. The van der Waals surface area contributed by atoms with E-state index in [0.29, 0.717) is 39.0 Å². The fraction of sp³-hybridized carbons (Fsp3) is 0.727. The number of hydrogen-bond donors (Lipinski definition) is 1. The minimum atomic E-state index is -0.0227. The van der Waals surface area contributed by atoms with E-state index in [1.165, 1.54) is 0 Å². The van der Waals surface area contributed by atoms with Crippen LogP contribution in [0.3, 0.4) is 0 Å². The summed E-state index contributed by atoms with van der Waals surface area (Å²) in [6, 6.07) is 4.17. The lowest BCUT2D eigenvalue weighted by Crippen LogP contribution is -2.37. The number of amides is 2. The summed E-state index contributed by atoms with van der Waals surface area (Å²) in [5.74, 6) is 0. The molecular formula is C11H17N5O. The molecule has 0 unspecified atom stereocenters. The van der Waals surface area contributed by atoms with Gasteiger partial charge in [-0.2, -0.15) is 10.5 Å². The number of carbonyl (C=O) groups is 1. The van der Waals surface area contributed by atoms with Gasteiger partial charge in [0.15, 0.2) is 0 Å². The van der Waals surface area contributed by atoms with Crippen LogP contribution in [0.25, 0.3) is 0 Å². The van der Waals surface area contributed by atoms with Gasteiger partial charge in [-0.3, -0.25) is 4.90 Å². The van der Waals surface area contributed by atoms with Gasteiger partial charge in [-0.25, -0.2) is 4.79 Å². The van der Waals surface area contributed by atoms with Gasteiger partial charge in [0, 0.05) is 52.1 Å². The Bertz CT molecular complexity index is 312. The average Bonchev–Trinajstić information content (AvgIpc) is 2.74. The van der Waals surface area contributed by atoms with Gasteiger partial charge in [0.1, 0.15) is 0 Å². The first-order valence-corrected chi connectivity index (χ1v) is 5.77. The Morgan fingerprint density at radius 1 is 1.24 bits per heavy atom. The van der Waals surface area contributed by atoms with Crippen LogP contribution in [-0.2, 0) is 0 Å². The summed E-state index contributed by atoms with van der Waals surface area (Å²) in [6.45, 7) is 4.14. The van der Waals surface area contributed by atoms with E-state index in [1.54, 1.807) is 4.90 Å². The smallest absolute Gasteiger partial charge is 0.317 e. The molecule has 0 saturated carbocycles. The Balaban J connectivity index is 2.29. The maximum Gasteiger partial charge on any atom is 0.317 e. The summed E-state index contributed by atoms with van der Waals surface area (Å²) in [5, 5.41) is 19.8. The van der Waals surface area contributed by atoms with Crippen LogP contribution in [-0.4, -0.2) is 55.1 Å². The molecule has 0 aliphatic carbocycles. The fourth-order valence-corrected chi connectivity index (χ4v) is 1.74. The van der Waals surface area contributed by atoms with E-state index in [9.17, 15) is 4.79 Å². The van der Waals surface area contributed by atoms with Gasteiger partial charge in [-0.15, -0.1) is 0 Å². The van der Waals surface area contributed by atoms with Crippen molar-refractivity contribution in [2.24, 2.45) is 0 Å². The molecule has 6 nitrogen and oxygen atoms in total. The molecule has 0 atom stereocenters. The predicted molar refractivity (Wildman–Crippen MR) is 61.9 cm³/mol. The van der Waals surface area contributed by atoms with Gasteiger partial charge >= 0.3 is 6.03 Å². The first-order chi connectivity index (χ1) is 8.27.